The van der Waals surface area contributed by atoms with Crippen molar-refractivity contribution < 1.29 is 15.1 Å². The third kappa shape index (κ3) is 4.01. The van der Waals surface area contributed by atoms with Crippen LogP contribution in [-0.2, 0) is 0 Å². The maximum absolute atomic E-state index is 11.0. The van der Waals surface area contributed by atoms with Gasteiger partial charge in [-0.15, -0.1) is 0 Å². The number of nitrogens with zero attached hydrogens (tertiary/aromatic N) is 1. The summed E-state index contributed by atoms with van der Waals surface area (Å²) in [5.41, 5.74) is 2.59. The number of hydrogen-bond acceptors (Lipinski definition) is 4. The van der Waals surface area contributed by atoms with Crippen LogP contribution in [0.2, 0.25) is 0 Å². The molecular weight excluding hydrogens is 350 g/mol. The lowest BCUT2D eigenvalue weighted by Crippen LogP contribution is -2.47. The molecule has 4 nitrogen and oxygen atoms in total. The summed E-state index contributed by atoms with van der Waals surface area (Å²) >= 11 is 0. The van der Waals surface area contributed by atoms with Gasteiger partial charge in [0.1, 0.15) is 17.1 Å². The molecule has 0 spiro atoms. The number of oxime groups is 1. The van der Waals surface area contributed by atoms with Crippen LogP contribution in [0.4, 0.5) is 0 Å². The Morgan fingerprint density at radius 1 is 1.25 bits per heavy atom. The summed E-state index contributed by atoms with van der Waals surface area (Å²) in [6, 6.07) is 4.10. The molecule has 2 N–H and O–H groups in total. The monoisotopic (exact) mass is 387 g/mol. The highest BCUT2D eigenvalue weighted by Crippen LogP contribution is 2.54. The van der Waals surface area contributed by atoms with Crippen LogP contribution in [0.25, 0.3) is 0 Å². The Hall–Kier alpha value is -1.71. The van der Waals surface area contributed by atoms with Crippen LogP contribution < -0.4 is 4.74 Å². The molecule has 156 valence electrons. The van der Waals surface area contributed by atoms with Gasteiger partial charge in [-0.05, 0) is 62.6 Å². The Balaban J connectivity index is 1.91. The Bertz CT molecular complexity index is 725. The van der Waals surface area contributed by atoms with Crippen molar-refractivity contribution in [2.75, 3.05) is 0 Å². The highest BCUT2D eigenvalue weighted by atomic mass is 16.5. The van der Waals surface area contributed by atoms with Crippen LogP contribution in [0.3, 0.4) is 0 Å². The van der Waals surface area contributed by atoms with E-state index in [4.69, 9.17) is 4.74 Å². The predicted octanol–water partition coefficient (Wildman–Crippen LogP) is 6.60. The molecule has 4 unspecified atom stereocenters. The summed E-state index contributed by atoms with van der Waals surface area (Å²) < 4.78 is 6.45. The fourth-order valence-corrected chi connectivity index (χ4v) is 5.25. The highest BCUT2D eigenvalue weighted by molar-refractivity contribution is 5.86. The number of phenolic OH excluding ortho intramolecular Hbond substituents is 1. The first kappa shape index (κ1) is 21.0. The quantitative estimate of drug-likeness (QED) is 0.328. The Morgan fingerprint density at radius 2 is 2.00 bits per heavy atom. The van der Waals surface area contributed by atoms with Gasteiger partial charge >= 0.3 is 0 Å². The highest BCUT2D eigenvalue weighted by Gasteiger charge is 2.47. The van der Waals surface area contributed by atoms with Crippen LogP contribution in [0, 0.1) is 11.8 Å². The molecule has 28 heavy (non-hydrogen) atoms. The fourth-order valence-electron chi connectivity index (χ4n) is 5.25. The normalized spacial score (nSPS) is 26.8. The van der Waals surface area contributed by atoms with Gasteiger partial charge in [-0.25, -0.2) is 0 Å². The van der Waals surface area contributed by atoms with E-state index in [1.807, 2.05) is 6.07 Å². The standard InChI is InChI=1S/C24H37NO3/c1-6-7-8-9-15(2)16(3)17-12-21(26)23-19-14-18(25-27)10-11-20(19)24(4,5)28-22(23)13-17/h12-13,15-16,19-20,26-27H,6-11,14H2,1-5H3/b25-18+. The van der Waals surface area contributed by atoms with E-state index < -0.39 is 0 Å². The lowest BCUT2D eigenvalue weighted by atomic mass is 9.66. The van der Waals surface area contributed by atoms with E-state index in [0.29, 0.717) is 29.9 Å². The molecule has 1 aliphatic carbocycles. The molecule has 1 aliphatic heterocycles. The van der Waals surface area contributed by atoms with Crippen molar-refractivity contribution >= 4 is 5.71 Å². The van der Waals surface area contributed by atoms with E-state index in [-0.39, 0.29) is 11.5 Å². The molecule has 0 saturated heterocycles. The Kier molecular flexibility index (Phi) is 6.26. The summed E-state index contributed by atoms with van der Waals surface area (Å²) in [4.78, 5) is 0. The second-order valence-corrected chi connectivity index (χ2v) is 9.54. The van der Waals surface area contributed by atoms with E-state index in [1.165, 1.54) is 25.7 Å². The van der Waals surface area contributed by atoms with Crippen LogP contribution in [0.1, 0.15) is 103 Å². The zero-order chi connectivity index (χ0) is 20.5. The number of fused-ring (bicyclic) bond motifs is 3. The van der Waals surface area contributed by atoms with Gasteiger partial charge in [0.25, 0.3) is 0 Å². The van der Waals surface area contributed by atoms with Crippen LogP contribution in [0.5, 0.6) is 11.5 Å². The van der Waals surface area contributed by atoms with E-state index in [9.17, 15) is 10.3 Å². The first-order chi connectivity index (χ1) is 13.3. The van der Waals surface area contributed by atoms with Crippen LogP contribution in [0.15, 0.2) is 17.3 Å². The minimum atomic E-state index is -0.292. The average Bonchev–Trinajstić information content (AvgIpc) is 2.66. The number of rotatable bonds is 6. The first-order valence-electron chi connectivity index (χ1n) is 11.0. The van der Waals surface area contributed by atoms with Gasteiger partial charge in [0.05, 0.1) is 5.71 Å². The molecule has 1 heterocycles. The van der Waals surface area contributed by atoms with E-state index in [1.54, 1.807) is 0 Å². The van der Waals surface area contributed by atoms with Crippen molar-refractivity contribution in [3.63, 3.8) is 0 Å². The second-order valence-electron chi connectivity index (χ2n) is 9.54. The Labute approximate surface area is 170 Å². The van der Waals surface area contributed by atoms with Crippen molar-refractivity contribution in [1.82, 2.24) is 0 Å². The van der Waals surface area contributed by atoms with Crippen molar-refractivity contribution in [2.24, 2.45) is 17.0 Å². The zero-order valence-corrected chi connectivity index (χ0v) is 18.2. The number of benzene rings is 1. The summed E-state index contributed by atoms with van der Waals surface area (Å²) in [6.45, 7) is 11.1. The molecule has 3 rings (SSSR count). The molecule has 2 aliphatic rings. The Morgan fingerprint density at radius 3 is 2.68 bits per heavy atom. The SMILES string of the molecule is CCCCCC(C)C(C)c1cc(O)c2c(c1)OC(C)(C)C1CC/C(=N\O)CC21. The molecular formula is C24H37NO3. The number of hydrogen-bond donors (Lipinski definition) is 2. The zero-order valence-electron chi connectivity index (χ0n) is 18.2. The van der Waals surface area contributed by atoms with E-state index in [0.717, 1.165) is 35.4 Å². The van der Waals surface area contributed by atoms with Gasteiger partial charge in [0.15, 0.2) is 0 Å². The third-order valence-corrected chi connectivity index (χ3v) is 7.25. The molecule has 1 aromatic rings. The minimum absolute atomic E-state index is 0.143. The molecule has 0 aromatic heterocycles. The molecule has 1 aromatic carbocycles. The van der Waals surface area contributed by atoms with Gasteiger partial charge in [-0.1, -0.05) is 51.6 Å². The van der Waals surface area contributed by atoms with E-state index >= 15 is 0 Å². The molecule has 1 fully saturated rings. The number of aromatic hydroxyl groups is 1. The van der Waals surface area contributed by atoms with Crippen molar-refractivity contribution in [3.05, 3.63) is 23.3 Å². The van der Waals surface area contributed by atoms with E-state index in [2.05, 4.69) is 45.8 Å². The fraction of sp³-hybridized carbons (Fsp3) is 0.708. The predicted molar refractivity (Wildman–Crippen MR) is 114 cm³/mol. The molecule has 4 atom stereocenters. The maximum Gasteiger partial charge on any atom is 0.127 e. The van der Waals surface area contributed by atoms with Crippen molar-refractivity contribution in [1.29, 1.82) is 0 Å². The van der Waals surface area contributed by atoms with Gasteiger partial charge in [0.2, 0.25) is 0 Å². The molecule has 4 heteroatoms. The van der Waals surface area contributed by atoms with Gasteiger partial charge in [-0.3, -0.25) is 0 Å². The molecule has 0 amide bonds. The largest absolute Gasteiger partial charge is 0.508 e. The summed E-state index contributed by atoms with van der Waals surface area (Å²) in [5.74, 6) is 2.55. The van der Waals surface area contributed by atoms with Crippen molar-refractivity contribution in [3.8, 4) is 11.5 Å². The number of ether oxygens (including phenoxy) is 1. The maximum atomic E-state index is 11.0. The van der Waals surface area contributed by atoms with Crippen LogP contribution in [-0.4, -0.2) is 21.6 Å². The third-order valence-electron chi connectivity index (χ3n) is 7.25. The van der Waals surface area contributed by atoms with Gasteiger partial charge in [0, 0.05) is 17.4 Å². The number of unbranched alkanes of at least 4 members (excludes halogenated alkanes) is 2. The summed E-state index contributed by atoms with van der Waals surface area (Å²) in [5, 5.41) is 23.7. The molecule has 1 saturated carbocycles. The topological polar surface area (TPSA) is 62.0 Å². The minimum Gasteiger partial charge on any atom is -0.508 e. The lowest BCUT2D eigenvalue weighted by molar-refractivity contribution is 0.00290. The second kappa shape index (κ2) is 8.34. The average molecular weight is 388 g/mol. The molecule has 0 bridgehead atoms. The van der Waals surface area contributed by atoms with Crippen LogP contribution >= 0.6 is 0 Å². The number of phenols is 1. The first-order valence-corrected chi connectivity index (χ1v) is 11.0. The van der Waals surface area contributed by atoms with Crippen molar-refractivity contribution in [2.45, 2.75) is 97.0 Å². The smallest absolute Gasteiger partial charge is 0.127 e. The summed E-state index contributed by atoms with van der Waals surface area (Å²) in [7, 11) is 0. The van der Waals surface area contributed by atoms with Gasteiger partial charge in [-0.2, -0.15) is 0 Å². The summed E-state index contributed by atoms with van der Waals surface area (Å²) in [6.07, 6.45) is 7.40. The lowest BCUT2D eigenvalue weighted by Gasteiger charge is -2.47. The van der Waals surface area contributed by atoms with Gasteiger partial charge < -0.3 is 15.1 Å². The molecule has 0 radical (unpaired) electrons.